The minimum absolute atomic E-state index is 0.0311. The number of hydrogen-bond acceptors (Lipinski definition) is 2. The smallest absolute Gasteiger partial charge is 0.323 e. The quantitative estimate of drug-likeness (QED) is 0.602. The zero-order chi connectivity index (χ0) is 15.6. The highest BCUT2D eigenvalue weighted by molar-refractivity contribution is 6.36. The fourth-order valence-electron chi connectivity index (χ4n) is 1.57. The lowest BCUT2D eigenvalue weighted by Crippen LogP contribution is -2.19. The van der Waals surface area contributed by atoms with Gasteiger partial charge in [0.25, 0.3) is 0 Å². The predicted octanol–water partition coefficient (Wildman–Crippen LogP) is 5.65. The number of halogens is 4. The van der Waals surface area contributed by atoms with Crippen molar-refractivity contribution in [2.45, 2.75) is 0 Å². The van der Waals surface area contributed by atoms with Crippen LogP contribution in [-0.4, -0.2) is 11.1 Å². The number of carbonyl (C=O) groups excluding carboxylic acids is 1. The molecule has 0 spiro atoms. The number of hydrogen-bond donors (Lipinski definition) is 3. The number of rotatable bonds is 2. The molecule has 2 aromatic rings. The average molecular weight is 366 g/mol. The monoisotopic (exact) mass is 364 g/mol. The van der Waals surface area contributed by atoms with Gasteiger partial charge >= 0.3 is 6.03 Å². The van der Waals surface area contributed by atoms with Gasteiger partial charge in [0.15, 0.2) is 5.75 Å². The Kier molecular flexibility index (Phi) is 5.06. The van der Waals surface area contributed by atoms with Gasteiger partial charge in [-0.3, -0.25) is 0 Å². The fourth-order valence-corrected chi connectivity index (χ4v) is 2.59. The molecule has 0 aliphatic rings. The van der Waals surface area contributed by atoms with Crippen LogP contribution in [0.3, 0.4) is 0 Å². The van der Waals surface area contributed by atoms with Crippen LogP contribution < -0.4 is 10.6 Å². The second-order valence-corrected chi connectivity index (χ2v) is 5.74. The molecule has 2 aromatic carbocycles. The molecule has 0 bridgehead atoms. The number of urea groups is 1. The van der Waals surface area contributed by atoms with Gasteiger partial charge in [-0.2, -0.15) is 0 Å². The third-order valence-electron chi connectivity index (χ3n) is 2.40. The molecular weight excluding hydrogens is 358 g/mol. The van der Waals surface area contributed by atoms with Gasteiger partial charge < -0.3 is 15.7 Å². The molecule has 0 saturated carbocycles. The molecule has 0 saturated heterocycles. The summed E-state index contributed by atoms with van der Waals surface area (Å²) < 4.78 is 0. The molecule has 2 amide bonds. The molecule has 0 aliphatic heterocycles. The van der Waals surface area contributed by atoms with Gasteiger partial charge in [0.1, 0.15) is 0 Å². The summed E-state index contributed by atoms with van der Waals surface area (Å²) in [5.74, 6) is -0.277. The summed E-state index contributed by atoms with van der Waals surface area (Å²) in [6.45, 7) is 0. The predicted molar refractivity (Wildman–Crippen MR) is 87.2 cm³/mol. The maximum Gasteiger partial charge on any atom is 0.323 e. The molecule has 0 fully saturated rings. The minimum Gasteiger partial charge on any atom is -0.504 e. The lowest BCUT2D eigenvalue weighted by atomic mass is 10.3. The highest BCUT2D eigenvalue weighted by atomic mass is 35.5. The Morgan fingerprint density at radius 2 is 1.43 bits per heavy atom. The van der Waals surface area contributed by atoms with Crippen LogP contribution in [0.15, 0.2) is 30.3 Å². The van der Waals surface area contributed by atoms with Crippen molar-refractivity contribution in [3.8, 4) is 5.75 Å². The number of phenolic OH excluding ortho intramolecular Hbond substituents is 1. The Hall–Kier alpha value is -1.33. The Balaban J connectivity index is 2.15. The van der Waals surface area contributed by atoms with Crippen molar-refractivity contribution in [2.75, 3.05) is 10.6 Å². The Bertz CT molecular complexity index is 687. The Morgan fingerprint density at radius 1 is 0.857 bits per heavy atom. The summed E-state index contributed by atoms with van der Waals surface area (Å²) in [5, 5.41) is 15.8. The zero-order valence-corrected chi connectivity index (χ0v) is 13.3. The largest absolute Gasteiger partial charge is 0.504 e. The number of carbonyl (C=O) groups is 1. The number of anilines is 2. The third kappa shape index (κ3) is 4.32. The normalized spacial score (nSPS) is 10.3. The fraction of sp³-hybridized carbons (Fsp3) is 0. The molecule has 110 valence electrons. The summed E-state index contributed by atoms with van der Waals surface area (Å²) in [4.78, 5) is 11.9. The summed E-state index contributed by atoms with van der Waals surface area (Å²) in [5.41, 5.74) is 0.482. The van der Waals surface area contributed by atoms with E-state index in [1.807, 2.05) is 0 Å². The van der Waals surface area contributed by atoms with E-state index in [0.717, 1.165) is 0 Å². The topological polar surface area (TPSA) is 61.4 Å². The first-order valence-corrected chi connectivity index (χ1v) is 7.08. The lowest BCUT2D eigenvalue weighted by molar-refractivity contribution is 0.262. The maximum atomic E-state index is 11.9. The molecule has 4 nitrogen and oxygen atoms in total. The second kappa shape index (κ2) is 6.62. The van der Waals surface area contributed by atoms with Crippen LogP contribution in [0.4, 0.5) is 16.2 Å². The summed E-state index contributed by atoms with van der Waals surface area (Å²) >= 11 is 23.2. The standard InChI is InChI=1S/C13H8Cl4N2O2/c14-6-1-7(15)3-9(2-6)18-13(21)19-11-5-8(16)4-10(17)12(11)20/h1-5,20H,(H2,18,19,21). The molecule has 0 atom stereocenters. The Labute approximate surface area is 140 Å². The molecule has 0 radical (unpaired) electrons. The van der Waals surface area contributed by atoms with Crippen molar-refractivity contribution in [1.82, 2.24) is 0 Å². The van der Waals surface area contributed by atoms with E-state index in [1.54, 1.807) is 0 Å². The van der Waals surface area contributed by atoms with Crippen LogP contribution in [0.1, 0.15) is 0 Å². The molecule has 21 heavy (non-hydrogen) atoms. The summed E-state index contributed by atoms with van der Waals surface area (Å²) in [6, 6.07) is 6.71. The van der Waals surface area contributed by atoms with Gasteiger partial charge in [-0.25, -0.2) is 4.79 Å². The van der Waals surface area contributed by atoms with Gasteiger partial charge in [0, 0.05) is 20.8 Å². The van der Waals surface area contributed by atoms with Crippen molar-refractivity contribution in [1.29, 1.82) is 0 Å². The molecule has 3 N–H and O–H groups in total. The van der Waals surface area contributed by atoms with E-state index in [4.69, 9.17) is 46.4 Å². The van der Waals surface area contributed by atoms with Crippen molar-refractivity contribution < 1.29 is 9.90 Å². The van der Waals surface area contributed by atoms with Crippen LogP contribution in [0.5, 0.6) is 5.75 Å². The number of nitrogens with one attached hydrogen (secondary N) is 2. The van der Waals surface area contributed by atoms with Crippen LogP contribution in [0.2, 0.25) is 20.1 Å². The van der Waals surface area contributed by atoms with Crippen molar-refractivity contribution in [2.24, 2.45) is 0 Å². The van der Waals surface area contributed by atoms with E-state index < -0.39 is 6.03 Å². The van der Waals surface area contributed by atoms with Gasteiger partial charge in [-0.05, 0) is 30.3 Å². The molecule has 0 heterocycles. The van der Waals surface area contributed by atoms with E-state index in [2.05, 4.69) is 10.6 Å². The molecule has 0 unspecified atom stereocenters. The first-order chi connectivity index (χ1) is 9.85. The van der Waals surface area contributed by atoms with Crippen LogP contribution >= 0.6 is 46.4 Å². The van der Waals surface area contributed by atoms with Crippen LogP contribution in [0, 0.1) is 0 Å². The first kappa shape index (κ1) is 16.0. The van der Waals surface area contributed by atoms with E-state index in [1.165, 1.54) is 30.3 Å². The van der Waals surface area contributed by atoms with E-state index in [9.17, 15) is 9.90 Å². The second-order valence-electron chi connectivity index (χ2n) is 4.02. The van der Waals surface area contributed by atoms with Crippen LogP contribution in [-0.2, 0) is 0 Å². The SMILES string of the molecule is O=C(Nc1cc(Cl)cc(Cl)c1)Nc1cc(Cl)cc(Cl)c1O. The highest BCUT2D eigenvalue weighted by Crippen LogP contribution is 2.35. The highest BCUT2D eigenvalue weighted by Gasteiger charge is 2.11. The van der Waals surface area contributed by atoms with Crippen molar-refractivity contribution in [3.63, 3.8) is 0 Å². The number of amides is 2. The zero-order valence-electron chi connectivity index (χ0n) is 10.3. The Morgan fingerprint density at radius 3 is 2.05 bits per heavy atom. The molecule has 2 rings (SSSR count). The molecule has 8 heteroatoms. The van der Waals surface area contributed by atoms with Gasteiger partial charge in [-0.15, -0.1) is 0 Å². The summed E-state index contributed by atoms with van der Waals surface area (Å²) in [6.07, 6.45) is 0. The molecule has 0 aromatic heterocycles. The van der Waals surface area contributed by atoms with E-state index in [-0.39, 0.29) is 21.5 Å². The molecule has 0 aliphatic carbocycles. The van der Waals surface area contributed by atoms with Crippen molar-refractivity contribution >= 4 is 63.8 Å². The van der Waals surface area contributed by atoms with E-state index in [0.29, 0.717) is 15.7 Å². The molecular formula is C13H8Cl4N2O2. The summed E-state index contributed by atoms with van der Waals surface area (Å²) in [7, 11) is 0. The third-order valence-corrected chi connectivity index (χ3v) is 3.34. The number of phenols is 1. The average Bonchev–Trinajstić information content (AvgIpc) is 2.33. The maximum absolute atomic E-state index is 11.9. The van der Waals surface area contributed by atoms with Crippen molar-refractivity contribution in [3.05, 3.63) is 50.4 Å². The van der Waals surface area contributed by atoms with Gasteiger partial charge in [0.2, 0.25) is 0 Å². The lowest BCUT2D eigenvalue weighted by Gasteiger charge is -2.11. The first-order valence-electron chi connectivity index (χ1n) is 5.57. The van der Waals surface area contributed by atoms with E-state index >= 15 is 0 Å². The minimum atomic E-state index is -0.609. The van der Waals surface area contributed by atoms with Gasteiger partial charge in [0.05, 0.1) is 10.7 Å². The number of benzene rings is 2. The number of aromatic hydroxyl groups is 1. The van der Waals surface area contributed by atoms with Crippen LogP contribution in [0.25, 0.3) is 0 Å². The van der Waals surface area contributed by atoms with Gasteiger partial charge in [-0.1, -0.05) is 46.4 Å².